The van der Waals surface area contributed by atoms with Crippen molar-refractivity contribution in [1.82, 2.24) is 0 Å². The van der Waals surface area contributed by atoms with Crippen molar-refractivity contribution < 1.29 is 8.97 Å². The van der Waals surface area contributed by atoms with Crippen molar-refractivity contribution in [3.05, 3.63) is 102 Å². The van der Waals surface area contributed by atoms with Gasteiger partial charge in [0.1, 0.15) is 13.1 Å². The van der Waals surface area contributed by atoms with Crippen LogP contribution in [0, 0.1) is 0 Å². The molecule has 0 aliphatic rings. The zero-order valence-corrected chi connectivity index (χ0v) is 19.7. The number of para-hydroxylation sites is 1. The molecular formula is C28H39N3+2. The molecule has 164 valence electrons. The van der Waals surface area contributed by atoms with Crippen molar-refractivity contribution in [2.24, 2.45) is 0 Å². The first-order chi connectivity index (χ1) is 14.8. The van der Waals surface area contributed by atoms with Crippen molar-refractivity contribution in [1.29, 1.82) is 0 Å². The summed E-state index contributed by atoms with van der Waals surface area (Å²) in [6, 6.07) is 32.6. The van der Waals surface area contributed by atoms with Crippen molar-refractivity contribution in [2.75, 3.05) is 59.3 Å². The lowest BCUT2D eigenvalue weighted by Crippen LogP contribution is -2.48. The van der Waals surface area contributed by atoms with E-state index in [-0.39, 0.29) is 0 Å². The van der Waals surface area contributed by atoms with Gasteiger partial charge in [-0.25, -0.2) is 0 Å². The molecule has 0 atom stereocenters. The summed E-state index contributed by atoms with van der Waals surface area (Å²) in [6.45, 7) is 6.42. The highest BCUT2D eigenvalue weighted by molar-refractivity contribution is 5.45. The fourth-order valence-electron chi connectivity index (χ4n) is 4.11. The third-order valence-corrected chi connectivity index (χ3v) is 5.98. The van der Waals surface area contributed by atoms with Crippen LogP contribution >= 0.6 is 0 Å². The summed E-state index contributed by atoms with van der Waals surface area (Å²) < 4.78 is 1.96. The van der Waals surface area contributed by atoms with Gasteiger partial charge in [0.15, 0.2) is 0 Å². The second kappa shape index (κ2) is 10.6. The Labute approximate surface area is 189 Å². The molecule has 0 saturated heterocycles. The first-order valence-corrected chi connectivity index (χ1v) is 11.3. The van der Waals surface area contributed by atoms with E-state index in [4.69, 9.17) is 0 Å². The average molecular weight is 418 g/mol. The van der Waals surface area contributed by atoms with Gasteiger partial charge in [-0.05, 0) is 12.1 Å². The van der Waals surface area contributed by atoms with Crippen LogP contribution in [0.3, 0.4) is 0 Å². The SMILES string of the molecule is C[N+](C)(CCN(CC[N+](C)(C)Cc1ccccc1)c1ccccc1)Cc1ccccc1. The van der Waals surface area contributed by atoms with Crippen LogP contribution in [0.25, 0.3) is 0 Å². The van der Waals surface area contributed by atoms with Crippen molar-refractivity contribution in [3.63, 3.8) is 0 Å². The molecule has 0 radical (unpaired) electrons. The molecule has 0 heterocycles. The molecule has 3 aromatic carbocycles. The Morgan fingerprint density at radius 2 is 0.871 bits per heavy atom. The fraction of sp³-hybridized carbons (Fsp3) is 0.357. The van der Waals surface area contributed by atoms with Gasteiger partial charge in [-0.2, -0.15) is 0 Å². The Morgan fingerprint density at radius 3 is 1.26 bits per heavy atom. The number of anilines is 1. The van der Waals surface area contributed by atoms with Gasteiger partial charge in [0.2, 0.25) is 0 Å². The van der Waals surface area contributed by atoms with Crippen LogP contribution in [-0.4, -0.2) is 63.3 Å². The van der Waals surface area contributed by atoms with Crippen LogP contribution < -0.4 is 4.90 Å². The number of rotatable bonds is 11. The average Bonchev–Trinajstić information content (AvgIpc) is 2.75. The first-order valence-electron chi connectivity index (χ1n) is 11.3. The van der Waals surface area contributed by atoms with E-state index < -0.39 is 0 Å². The molecule has 0 spiro atoms. The van der Waals surface area contributed by atoms with Crippen LogP contribution in [0.4, 0.5) is 5.69 Å². The summed E-state index contributed by atoms with van der Waals surface area (Å²) in [5.41, 5.74) is 4.13. The number of quaternary nitrogens is 2. The number of benzene rings is 3. The van der Waals surface area contributed by atoms with Gasteiger partial charge in [-0.3, -0.25) is 0 Å². The normalized spacial score (nSPS) is 12.0. The molecule has 0 N–H and O–H groups in total. The number of nitrogens with zero attached hydrogens (tertiary/aromatic N) is 3. The zero-order valence-electron chi connectivity index (χ0n) is 19.7. The molecule has 0 unspecified atom stereocenters. The third kappa shape index (κ3) is 7.86. The third-order valence-electron chi connectivity index (χ3n) is 5.98. The highest BCUT2D eigenvalue weighted by atomic mass is 15.3. The first kappa shape index (κ1) is 23.1. The van der Waals surface area contributed by atoms with Gasteiger partial charge in [0, 0.05) is 16.8 Å². The Bertz CT molecular complexity index is 832. The summed E-state index contributed by atoms with van der Waals surface area (Å²) in [5, 5.41) is 0. The highest BCUT2D eigenvalue weighted by Gasteiger charge is 2.21. The van der Waals surface area contributed by atoms with Gasteiger partial charge in [0.25, 0.3) is 0 Å². The minimum atomic E-state index is 0.982. The molecule has 0 amide bonds. The molecule has 0 saturated carbocycles. The molecule has 0 aliphatic heterocycles. The van der Waals surface area contributed by atoms with E-state index in [2.05, 4.69) is 124 Å². The summed E-state index contributed by atoms with van der Waals surface area (Å²) in [5.74, 6) is 0. The lowest BCUT2D eigenvalue weighted by atomic mass is 10.2. The molecule has 3 aromatic rings. The van der Waals surface area contributed by atoms with E-state index in [9.17, 15) is 0 Å². The maximum atomic E-state index is 2.57. The summed E-state index contributed by atoms with van der Waals surface area (Å²) in [6.07, 6.45) is 0. The molecule has 0 aromatic heterocycles. The number of hydrogen-bond donors (Lipinski definition) is 0. The summed E-state index contributed by atoms with van der Waals surface area (Å²) in [4.78, 5) is 2.57. The van der Waals surface area contributed by atoms with Crippen molar-refractivity contribution in [3.8, 4) is 0 Å². The fourth-order valence-corrected chi connectivity index (χ4v) is 4.11. The molecule has 3 heteroatoms. The summed E-state index contributed by atoms with van der Waals surface area (Å²) >= 11 is 0. The molecule has 0 bridgehead atoms. The van der Waals surface area contributed by atoms with Crippen LogP contribution in [0.5, 0.6) is 0 Å². The van der Waals surface area contributed by atoms with Crippen LogP contribution in [-0.2, 0) is 13.1 Å². The van der Waals surface area contributed by atoms with Crippen LogP contribution in [0.2, 0.25) is 0 Å². The molecule has 31 heavy (non-hydrogen) atoms. The maximum Gasteiger partial charge on any atom is 0.104 e. The Morgan fingerprint density at radius 1 is 0.516 bits per heavy atom. The maximum absolute atomic E-state index is 2.57. The van der Waals surface area contributed by atoms with E-state index >= 15 is 0 Å². The number of hydrogen-bond acceptors (Lipinski definition) is 1. The van der Waals surface area contributed by atoms with Gasteiger partial charge < -0.3 is 13.9 Å². The minimum absolute atomic E-state index is 0.982. The Kier molecular flexibility index (Phi) is 7.89. The molecular weight excluding hydrogens is 378 g/mol. The lowest BCUT2D eigenvalue weighted by molar-refractivity contribution is -0.903. The second-order valence-corrected chi connectivity index (χ2v) is 9.93. The predicted octanol–water partition coefficient (Wildman–Crippen LogP) is 5.05. The van der Waals surface area contributed by atoms with E-state index in [1.54, 1.807) is 0 Å². The largest absolute Gasteiger partial charge is 0.360 e. The standard InChI is InChI=1S/C28H39N3/c1-30(2,24-26-14-8-5-9-15-26)22-20-29(28-18-12-7-13-19-28)21-23-31(3,4)25-27-16-10-6-11-17-27/h5-19H,20-25H2,1-4H3/q+2. The molecule has 3 nitrogen and oxygen atoms in total. The van der Waals surface area contributed by atoms with E-state index in [1.807, 2.05) is 0 Å². The van der Waals surface area contributed by atoms with Crippen LogP contribution in [0.15, 0.2) is 91.0 Å². The predicted molar refractivity (Wildman–Crippen MR) is 133 cm³/mol. The topological polar surface area (TPSA) is 3.24 Å². The smallest absolute Gasteiger partial charge is 0.104 e. The van der Waals surface area contributed by atoms with Crippen molar-refractivity contribution in [2.45, 2.75) is 13.1 Å². The Balaban J connectivity index is 1.63. The lowest BCUT2D eigenvalue weighted by Gasteiger charge is -2.36. The Hall–Kier alpha value is -2.62. The van der Waals surface area contributed by atoms with Crippen molar-refractivity contribution >= 4 is 5.69 Å². The van der Waals surface area contributed by atoms with E-state index in [1.165, 1.54) is 16.8 Å². The van der Waals surface area contributed by atoms with Crippen LogP contribution in [0.1, 0.15) is 11.1 Å². The molecule has 0 fully saturated rings. The summed E-state index contributed by atoms with van der Waals surface area (Å²) in [7, 11) is 9.36. The second-order valence-electron chi connectivity index (χ2n) is 9.93. The number of likely N-dealkylation sites (N-methyl/N-ethyl adjacent to an activating group) is 2. The molecule has 3 rings (SSSR count). The quantitative estimate of drug-likeness (QED) is 0.395. The van der Waals surface area contributed by atoms with E-state index in [0.29, 0.717) is 0 Å². The van der Waals surface area contributed by atoms with Gasteiger partial charge in [-0.1, -0.05) is 78.9 Å². The highest BCUT2D eigenvalue weighted by Crippen LogP contribution is 2.17. The zero-order chi connectivity index (χ0) is 22.2. The van der Waals surface area contributed by atoms with Gasteiger partial charge in [0.05, 0.1) is 54.4 Å². The monoisotopic (exact) mass is 417 g/mol. The van der Waals surface area contributed by atoms with Gasteiger partial charge in [-0.15, -0.1) is 0 Å². The van der Waals surface area contributed by atoms with Gasteiger partial charge >= 0.3 is 0 Å². The minimum Gasteiger partial charge on any atom is -0.360 e. The van der Waals surface area contributed by atoms with E-state index in [0.717, 1.165) is 48.2 Å². The molecule has 0 aliphatic carbocycles.